The summed E-state index contributed by atoms with van der Waals surface area (Å²) in [6, 6.07) is 1.86. The molecule has 0 aliphatic rings. The van der Waals surface area contributed by atoms with E-state index in [1.54, 1.807) is 11.3 Å². The first-order valence-corrected chi connectivity index (χ1v) is 6.29. The third-order valence-corrected chi connectivity index (χ3v) is 3.79. The molecule has 5 heteroatoms. The molecule has 1 amide bonds. The number of carbonyl (C=O) groups is 1. The van der Waals surface area contributed by atoms with E-state index in [0.29, 0.717) is 5.56 Å². The first-order valence-electron chi connectivity index (χ1n) is 5.47. The molecule has 4 nitrogen and oxygen atoms in total. The zero-order valence-electron chi connectivity index (χ0n) is 10.8. The lowest BCUT2D eigenvalue weighted by molar-refractivity contribution is -0.157. The quantitative estimate of drug-likeness (QED) is 0.810. The molecular weight excluding hydrogens is 238 g/mol. The van der Waals surface area contributed by atoms with Crippen molar-refractivity contribution in [2.75, 3.05) is 7.11 Å². The molecule has 0 saturated heterocycles. The molecular formula is C12H19NO3S. The van der Waals surface area contributed by atoms with Gasteiger partial charge in [-0.05, 0) is 25.8 Å². The molecule has 2 N–H and O–H groups in total. The number of hydroxylamine groups is 1. The van der Waals surface area contributed by atoms with Crippen LogP contribution in [-0.2, 0) is 15.2 Å². The number of nitrogens with one attached hydrogen (secondary N) is 1. The van der Waals surface area contributed by atoms with Crippen molar-refractivity contribution < 1.29 is 14.7 Å². The molecule has 1 atom stereocenters. The van der Waals surface area contributed by atoms with Crippen LogP contribution in [0.4, 0.5) is 0 Å². The van der Waals surface area contributed by atoms with Crippen LogP contribution in [0.1, 0.15) is 29.2 Å². The van der Waals surface area contributed by atoms with Gasteiger partial charge in [-0.25, -0.2) is 5.48 Å². The fourth-order valence-corrected chi connectivity index (χ4v) is 2.86. The number of hydrogen-bond donors (Lipinski definition) is 2. The predicted octanol–water partition coefficient (Wildman–Crippen LogP) is 1.89. The summed E-state index contributed by atoms with van der Waals surface area (Å²) in [5.41, 5.74) is 1.32. The fourth-order valence-electron chi connectivity index (χ4n) is 1.88. The molecule has 0 spiro atoms. The minimum atomic E-state index is -1.55. The van der Waals surface area contributed by atoms with Gasteiger partial charge in [0.05, 0.1) is 7.11 Å². The van der Waals surface area contributed by atoms with Gasteiger partial charge in [-0.15, -0.1) is 11.3 Å². The number of thiophene rings is 1. The van der Waals surface area contributed by atoms with Crippen LogP contribution < -0.4 is 5.48 Å². The van der Waals surface area contributed by atoms with Gasteiger partial charge in [0, 0.05) is 15.3 Å². The largest absolute Gasteiger partial charge is 0.375 e. The molecule has 0 aliphatic heterocycles. The van der Waals surface area contributed by atoms with E-state index in [9.17, 15) is 9.90 Å². The summed E-state index contributed by atoms with van der Waals surface area (Å²) in [4.78, 5) is 18.6. The minimum Gasteiger partial charge on any atom is -0.375 e. The first kappa shape index (κ1) is 14.2. The minimum absolute atomic E-state index is 0.245. The van der Waals surface area contributed by atoms with Gasteiger partial charge >= 0.3 is 0 Å². The van der Waals surface area contributed by atoms with Crippen molar-refractivity contribution in [1.82, 2.24) is 5.48 Å². The van der Waals surface area contributed by atoms with E-state index < -0.39 is 11.5 Å². The van der Waals surface area contributed by atoms with Gasteiger partial charge in [0.15, 0.2) is 5.60 Å². The Morgan fingerprint density at radius 2 is 2.12 bits per heavy atom. The Labute approximate surface area is 106 Å². The van der Waals surface area contributed by atoms with E-state index in [1.165, 1.54) is 7.11 Å². The zero-order chi connectivity index (χ0) is 13.2. The highest BCUT2D eigenvalue weighted by Crippen LogP contribution is 2.36. The van der Waals surface area contributed by atoms with E-state index in [0.717, 1.165) is 9.75 Å². The Balaban J connectivity index is 3.25. The molecule has 1 aromatic rings. The first-order chi connectivity index (χ1) is 7.83. The molecule has 1 rings (SSSR count). The van der Waals surface area contributed by atoms with E-state index in [4.69, 9.17) is 0 Å². The average molecular weight is 257 g/mol. The highest BCUT2D eigenvalue weighted by molar-refractivity contribution is 7.12. The standard InChI is InChI=1S/C12H19NO3S/c1-7(2)12(15,11(14)13-16-5)10-6-8(3)17-9(10)4/h6-7,15H,1-5H3,(H,13,14). The summed E-state index contributed by atoms with van der Waals surface area (Å²) >= 11 is 1.57. The lowest BCUT2D eigenvalue weighted by Gasteiger charge is -2.30. The Morgan fingerprint density at radius 1 is 1.53 bits per heavy atom. The Kier molecular flexibility index (Phi) is 4.30. The van der Waals surface area contributed by atoms with Crippen LogP contribution in [0.5, 0.6) is 0 Å². The van der Waals surface area contributed by atoms with Crippen LogP contribution in [0.15, 0.2) is 6.07 Å². The van der Waals surface area contributed by atoms with Crippen LogP contribution in [0.3, 0.4) is 0 Å². The molecule has 17 heavy (non-hydrogen) atoms. The molecule has 0 fully saturated rings. The number of carbonyl (C=O) groups excluding carboxylic acids is 1. The highest BCUT2D eigenvalue weighted by atomic mass is 32.1. The smallest absolute Gasteiger partial charge is 0.280 e. The molecule has 96 valence electrons. The van der Waals surface area contributed by atoms with Crippen molar-refractivity contribution in [2.45, 2.75) is 33.3 Å². The monoisotopic (exact) mass is 257 g/mol. The number of aryl methyl sites for hydroxylation is 2. The van der Waals surface area contributed by atoms with E-state index in [2.05, 4.69) is 10.3 Å². The maximum atomic E-state index is 12.0. The molecule has 0 aliphatic carbocycles. The maximum Gasteiger partial charge on any atom is 0.280 e. The molecule has 1 unspecified atom stereocenters. The number of hydrogen-bond acceptors (Lipinski definition) is 4. The molecule has 1 aromatic heterocycles. The lowest BCUT2D eigenvalue weighted by Crippen LogP contribution is -2.48. The van der Waals surface area contributed by atoms with E-state index in [1.807, 2.05) is 33.8 Å². The van der Waals surface area contributed by atoms with Crippen molar-refractivity contribution in [3.63, 3.8) is 0 Å². The van der Waals surface area contributed by atoms with Gasteiger partial charge in [0.2, 0.25) is 0 Å². The molecule has 0 saturated carbocycles. The van der Waals surface area contributed by atoms with E-state index in [-0.39, 0.29) is 5.92 Å². The van der Waals surface area contributed by atoms with Crippen LogP contribution in [0.25, 0.3) is 0 Å². The number of rotatable bonds is 4. The third kappa shape index (κ3) is 2.51. The van der Waals surface area contributed by atoms with Crippen molar-refractivity contribution in [2.24, 2.45) is 5.92 Å². The Hall–Kier alpha value is -0.910. The SMILES string of the molecule is CONC(=O)C(O)(c1cc(C)sc1C)C(C)C. The van der Waals surface area contributed by atoms with Gasteiger partial charge < -0.3 is 5.11 Å². The van der Waals surface area contributed by atoms with Gasteiger partial charge in [0.25, 0.3) is 5.91 Å². The summed E-state index contributed by atoms with van der Waals surface area (Å²) in [5.74, 6) is -0.777. The number of amides is 1. The number of aliphatic hydroxyl groups is 1. The lowest BCUT2D eigenvalue weighted by atomic mass is 9.83. The summed E-state index contributed by atoms with van der Waals surface area (Å²) in [5, 5.41) is 10.7. The Bertz CT molecular complexity index is 414. The van der Waals surface area contributed by atoms with Gasteiger partial charge in [-0.2, -0.15) is 0 Å². The van der Waals surface area contributed by atoms with Crippen LogP contribution >= 0.6 is 11.3 Å². The third-order valence-electron chi connectivity index (χ3n) is 2.83. The van der Waals surface area contributed by atoms with Crippen molar-refractivity contribution >= 4 is 17.2 Å². The van der Waals surface area contributed by atoms with E-state index >= 15 is 0 Å². The molecule has 0 bridgehead atoms. The fraction of sp³-hybridized carbons (Fsp3) is 0.583. The average Bonchev–Trinajstić information content (AvgIpc) is 2.57. The van der Waals surface area contributed by atoms with Crippen LogP contribution in [0, 0.1) is 19.8 Å². The normalized spacial score (nSPS) is 14.8. The zero-order valence-corrected chi connectivity index (χ0v) is 11.6. The molecule has 0 aromatic carbocycles. The summed E-state index contributed by atoms with van der Waals surface area (Å²) < 4.78 is 0. The van der Waals surface area contributed by atoms with Gasteiger partial charge in [-0.1, -0.05) is 13.8 Å². The van der Waals surface area contributed by atoms with Gasteiger partial charge in [-0.3, -0.25) is 9.63 Å². The van der Waals surface area contributed by atoms with Gasteiger partial charge in [0.1, 0.15) is 0 Å². The topological polar surface area (TPSA) is 58.6 Å². The summed E-state index contributed by atoms with van der Waals surface area (Å²) in [6.07, 6.45) is 0. The van der Waals surface area contributed by atoms with Crippen molar-refractivity contribution in [3.05, 3.63) is 21.4 Å². The second-order valence-corrected chi connectivity index (χ2v) is 5.84. The maximum absolute atomic E-state index is 12.0. The second kappa shape index (κ2) is 5.16. The summed E-state index contributed by atoms with van der Waals surface area (Å²) in [6.45, 7) is 7.47. The second-order valence-electron chi connectivity index (χ2n) is 4.38. The van der Waals surface area contributed by atoms with Crippen molar-refractivity contribution in [3.8, 4) is 0 Å². The van der Waals surface area contributed by atoms with Crippen molar-refractivity contribution in [1.29, 1.82) is 0 Å². The van der Waals surface area contributed by atoms with Crippen LogP contribution in [-0.4, -0.2) is 18.1 Å². The Morgan fingerprint density at radius 3 is 2.47 bits per heavy atom. The predicted molar refractivity (Wildman–Crippen MR) is 67.7 cm³/mol. The summed E-state index contributed by atoms with van der Waals surface area (Å²) in [7, 11) is 1.35. The molecule has 0 radical (unpaired) electrons. The van der Waals surface area contributed by atoms with Crippen LogP contribution in [0.2, 0.25) is 0 Å². The molecule has 1 heterocycles. The highest BCUT2D eigenvalue weighted by Gasteiger charge is 2.43.